The van der Waals surface area contributed by atoms with Gasteiger partial charge in [0, 0.05) is 11.1 Å². The van der Waals surface area contributed by atoms with Gasteiger partial charge in [-0.05, 0) is 31.5 Å². The highest BCUT2D eigenvalue weighted by molar-refractivity contribution is 6.31. The second kappa shape index (κ2) is 7.75. The van der Waals surface area contributed by atoms with E-state index in [1.165, 1.54) is 12.1 Å². The second-order valence-corrected chi connectivity index (χ2v) is 4.99. The van der Waals surface area contributed by atoms with Crippen LogP contribution in [0.5, 0.6) is 5.75 Å². The van der Waals surface area contributed by atoms with E-state index in [0.717, 1.165) is 12.8 Å². The fourth-order valence-electron chi connectivity index (χ4n) is 1.79. The molecule has 0 saturated heterocycles. The smallest absolute Gasteiger partial charge is 0.258 e. The van der Waals surface area contributed by atoms with Gasteiger partial charge in [-0.2, -0.15) is 0 Å². The van der Waals surface area contributed by atoms with E-state index < -0.39 is 5.91 Å². The van der Waals surface area contributed by atoms with E-state index >= 15 is 0 Å². The van der Waals surface area contributed by atoms with Crippen LogP contribution in [0.15, 0.2) is 18.2 Å². The molecule has 3 N–H and O–H groups in total. The van der Waals surface area contributed by atoms with Crippen molar-refractivity contribution >= 4 is 23.4 Å². The minimum absolute atomic E-state index is 0.0944. The summed E-state index contributed by atoms with van der Waals surface area (Å²) in [6.07, 6.45) is 1.89. The molecule has 0 radical (unpaired) electrons. The molecule has 1 aromatic carbocycles. The molecule has 1 unspecified atom stereocenters. The highest BCUT2D eigenvalue weighted by Gasteiger charge is 2.12. The van der Waals surface area contributed by atoms with Gasteiger partial charge in [0.05, 0.1) is 5.56 Å². The number of benzene rings is 1. The normalized spacial score (nSPS) is 11.8. The predicted molar refractivity (Wildman–Crippen MR) is 78.0 cm³/mol. The molecule has 6 heteroatoms. The van der Waals surface area contributed by atoms with Crippen LogP contribution in [0.4, 0.5) is 0 Å². The van der Waals surface area contributed by atoms with Crippen molar-refractivity contribution in [1.82, 2.24) is 5.32 Å². The number of rotatable bonds is 7. The lowest BCUT2D eigenvalue weighted by Gasteiger charge is -2.14. The molecule has 110 valence electrons. The van der Waals surface area contributed by atoms with Gasteiger partial charge in [-0.25, -0.2) is 0 Å². The summed E-state index contributed by atoms with van der Waals surface area (Å²) in [5, 5.41) is 3.19. The van der Waals surface area contributed by atoms with Crippen LogP contribution in [0.1, 0.15) is 37.0 Å². The van der Waals surface area contributed by atoms with Gasteiger partial charge < -0.3 is 15.8 Å². The molecular formula is C14H19ClN2O3. The predicted octanol–water partition coefficient (Wildman–Crippen LogP) is 2.12. The number of primary amides is 1. The van der Waals surface area contributed by atoms with Crippen molar-refractivity contribution in [2.75, 3.05) is 6.61 Å². The molecule has 1 rings (SSSR count). The highest BCUT2D eigenvalue weighted by Crippen LogP contribution is 2.22. The maximum Gasteiger partial charge on any atom is 0.258 e. The molecule has 1 atom stereocenters. The molecule has 1 aromatic rings. The molecule has 0 heterocycles. The zero-order valence-corrected chi connectivity index (χ0v) is 12.4. The summed E-state index contributed by atoms with van der Waals surface area (Å²) < 4.78 is 5.32. The highest BCUT2D eigenvalue weighted by atomic mass is 35.5. The molecule has 0 aliphatic rings. The van der Waals surface area contributed by atoms with Crippen LogP contribution in [0.2, 0.25) is 5.02 Å². The Labute approximate surface area is 123 Å². The molecule has 5 nitrogen and oxygen atoms in total. The van der Waals surface area contributed by atoms with Gasteiger partial charge in [0.1, 0.15) is 5.75 Å². The first-order valence-corrected chi connectivity index (χ1v) is 6.83. The van der Waals surface area contributed by atoms with Crippen molar-refractivity contribution in [3.63, 3.8) is 0 Å². The molecule has 0 aromatic heterocycles. The van der Waals surface area contributed by atoms with E-state index in [2.05, 4.69) is 5.32 Å². The van der Waals surface area contributed by atoms with Crippen molar-refractivity contribution in [2.45, 2.75) is 32.7 Å². The number of carbonyl (C=O) groups excluding carboxylic acids is 2. The lowest BCUT2D eigenvalue weighted by molar-refractivity contribution is -0.123. The Hall–Kier alpha value is -1.75. The van der Waals surface area contributed by atoms with Crippen molar-refractivity contribution < 1.29 is 14.3 Å². The molecule has 0 bridgehead atoms. The number of amides is 2. The Kier molecular flexibility index (Phi) is 6.31. The van der Waals surface area contributed by atoms with Gasteiger partial charge in [-0.1, -0.05) is 24.9 Å². The summed E-state index contributed by atoms with van der Waals surface area (Å²) in [4.78, 5) is 22.9. The molecule has 0 spiro atoms. The van der Waals surface area contributed by atoms with Crippen LogP contribution < -0.4 is 15.8 Å². The number of halogens is 1. The summed E-state index contributed by atoms with van der Waals surface area (Å²) in [6, 6.07) is 4.60. The third-order valence-electron chi connectivity index (χ3n) is 2.69. The van der Waals surface area contributed by atoms with E-state index in [1.807, 2.05) is 13.8 Å². The molecule has 20 heavy (non-hydrogen) atoms. The van der Waals surface area contributed by atoms with E-state index in [9.17, 15) is 9.59 Å². The van der Waals surface area contributed by atoms with Gasteiger partial charge in [-0.3, -0.25) is 9.59 Å². The SMILES string of the molecule is CCCC(C)NC(=O)COc1ccc(Cl)cc1C(N)=O. The first-order chi connectivity index (χ1) is 9.43. The number of carbonyl (C=O) groups is 2. The minimum Gasteiger partial charge on any atom is -0.483 e. The molecule has 0 aliphatic carbocycles. The van der Waals surface area contributed by atoms with Crippen LogP contribution in [-0.2, 0) is 4.79 Å². The first kappa shape index (κ1) is 16.3. The molecule has 0 saturated carbocycles. The lowest BCUT2D eigenvalue weighted by Crippen LogP contribution is -2.36. The van der Waals surface area contributed by atoms with Crippen LogP contribution in [0, 0.1) is 0 Å². The van der Waals surface area contributed by atoms with E-state index in [0.29, 0.717) is 5.02 Å². The average Bonchev–Trinajstić information content (AvgIpc) is 2.37. The number of nitrogens with two attached hydrogens (primary N) is 1. The molecule has 0 fully saturated rings. The summed E-state index contributed by atoms with van der Waals surface area (Å²) >= 11 is 5.78. The van der Waals surface area contributed by atoms with Crippen LogP contribution >= 0.6 is 11.6 Å². The number of nitrogens with one attached hydrogen (secondary N) is 1. The van der Waals surface area contributed by atoms with E-state index in [-0.39, 0.29) is 29.9 Å². The fraction of sp³-hybridized carbons (Fsp3) is 0.429. The zero-order chi connectivity index (χ0) is 15.1. The Morgan fingerprint density at radius 3 is 2.75 bits per heavy atom. The Balaban J connectivity index is 2.61. The number of hydrogen-bond acceptors (Lipinski definition) is 3. The minimum atomic E-state index is -0.651. The maximum atomic E-state index is 11.7. The van der Waals surface area contributed by atoms with E-state index in [4.69, 9.17) is 22.1 Å². The fourth-order valence-corrected chi connectivity index (χ4v) is 1.96. The Morgan fingerprint density at radius 2 is 2.15 bits per heavy atom. The maximum absolute atomic E-state index is 11.7. The topological polar surface area (TPSA) is 81.4 Å². The first-order valence-electron chi connectivity index (χ1n) is 6.45. The number of hydrogen-bond donors (Lipinski definition) is 2. The standard InChI is InChI=1S/C14H19ClN2O3/c1-3-4-9(2)17-13(18)8-20-12-6-5-10(15)7-11(12)14(16)19/h5-7,9H,3-4,8H2,1-2H3,(H2,16,19)(H,17,18). The van der Waals surface area contributed by atoms with Crippen molar-refractivity contribution in [2.24, 2.45) is 5.73 Å². The summed E-state index contributed by atoms with van der Waals surface area (Å²) in [5.74, 6) is -0.640. The quantitative estimate of drug-likeness (QED) is 0.809. The molecular weight excluding hydrogens is 280 g/mol. The summed E-state index contributed by atoms with van der Waals surface area (Å²) in [6.45, 7) is 3.81. The number of ether oxygens (including phenoxy) is 1. The van der Waals surface area contributed by atoms with Gasteiger partial charge in [-0.15, -0.1) is 0 Å². The van der Waals surface area contributed by atoms with Crippen LogP contribution in [0.3, 0.4) is 0 Å². The third-order valence-corrected chi connectivity index (χ3v) is 2.93. The van der Waals surface area contributed by atoms with Crippen molar-refractivity contribution in [3.8, 4) is 5.75 Å². The van der Waals surface area contributed by atoms with Crippen LogP contribution in [0.25, 0.3) is 0 Å². The second-order valence-electron chi connectivity index (χ2n) is 4.55. The largest absolute Gasteiger partial charge is 0.483 e. The van der Waals surface area contributed by atoms with Gasteiger partial charge in [0.2, 0.25) is 0 Å². The lowest BCUT2D eigenvalue weighted by atomic mass is 10.2. The molecule has 0 aliphatic heterocycles. The monoisotopic (exact) mass is 298 g/mol. The Morgan fingerprint density at radius 1 is 1.45 bits per heavy atom. The van der Waals surface area contributed by atoms with Crippen LogP contribution in [-0.4, -0.2) is 24.5 Å². The molecule has 2 amide bonds. The van der Waals surface area contributed by atoms with Gasteiger partial charge in [0.15, 0.2) is 6.61 Å². The van der Waals surface area contributed by atoms with Crippen molar-refractivity contribution in [3.05, 3.63) is 28.8 Å². The van der Waals surface area contributed by atoms with Gasteiger partial charge in [0.25, 0.3) is 11.8 Å². The third kappa shape index (κ3) is 5.09. The zero-order valence-electron chi connectivity index (χ0n) is 11.6. The summed E-state index contributed by atoms with van der Waals surface area (Å²) in [7, 11) is 0. The van der Waals surface area contributed by atoms with E-state index in [1.54, 1.807) is 6.07 Å². The Bertz CT molecular complexity index is 491. The average molecular weight is 299 g/mol. The van der Waals surface area contributed by atoms with Crippen molar-refractivity contribution in [1.29, 1.82) is 0 Å². The summed E-state index contributed by atoms with van der Waals surface area (Å²) in [5.41, 5.74) is 5.39. The van der Waals surface area contributed by atoms with Gasteiger partial charge >= 0.3 is 0 Å².